The van der Waals surface area contributed by atoms with Gasteiger partial charge in [-0.25, -0.2) is 4.79 Å². The van der Waals surface area contributed by atoms with Crippen LogP contribution in [0.2, 0.25) is 0 Å². The molecule has 132 valence electrons. The van der Waals surface area contributed by atoms with E-state index in [9.17, 15) is 18.0 Å². The van der Waals surface area contributed by atoms with E-state index in [1.54, 1.807) is 30.3 Å². The zero-order valence-electron chi connectivity index (χ0n) is 13.0. The average Bonchev–Trinajstić information content (AvgIpc) is 2.59. The van der Waals surface area contributed by atoms with Crippen LogP contribution in [0.25, 0.3) is 0 Å². The predicted octanol–water partition coefficient (Wildman–Crippen LogP) is 3.24. The first kappa shape index (κ1) is 18.5. The number of nitrogens with two attached hydrogens (primary N) is 1. The SMILES string of the molecule is N/C(=N\OC(=O)c1cccc(COCC(F)(F)F)c1)c1ccccc1. The van der Waals surface area contributed by atoms with Crippen molar-refractivity contribution >= 4 is 11.8 Å². The van der Waals surface area contributed by atoms with Crippen molar-refractivity contribution in [1.29, 1.82) is 0 Å². The Labute approximate surface area is 141 Å². The maximum atomic E-state index is 12.1. The summed E-state index contributed by atoms with van der Waals surface area (Å²) in [6.07, 6.45) is -4.40. The predicted molar refractivity (Wildman–Crippen MR) is 84.7 cm³/mol. The van der Waals surface area contributed by atoms with Crippen LogP contribution >= 0.6 is 0 Å². The lowest BCUT2D eigenvalue weighted by Crippen LogP contribution is -2.17. The molecule has 2 aromatic carbocycles. The van der Waals surface area contributed by atoms with Gasteiger partial charge in [0.1, 0.15) is 6.61 Å². The standard InChI is InChI=1S/C17H15F3N2O3/c18-17(19,20)11-24-10-12-5-4-8-14(9-12)16(23)25-22-15(21)13-6-2-1-3-7-13/h1-9H,10-11H2,(H2,21,22). The molecule has 5 nitrogen and oxygen atoms in total. The molecule has 0 amide bonds. The Hall–Kier alpha value is -2.87. The summed E-state index contributed by atoms with van der Waals surface area (Å²) in [5.74, 6) is -0.754. The number of halogens is 3. The molecule has 8 heteroatoms. The summed E-state index contributed by atoms with van der Waals surface area (Å²) in [6.45, 7) is -1.64. The highest BCUT2D eigenvalue weighted by Gasteiger charge is 2.27. The van der Waals surface area contributed by atoms with Gasteiger partial charge in [-0.1, -0.05) is 47.6 Å². The summed E-state index contributed by atoms with van der Waals surface area (Å²) in [5.41, 5.74) is 6.82. The van der Waals surface area contributed by atoms with Gasteiger partial charge in [0.25, 0.3) is 0 Å². The Morgan fingerprint density at radius 2 is 1.72 bits per heavy atom. The highest BCUT2D eigenvalue weighted by Crippen LogP contribution is 2.16. The van der Waals surface area contributed by atoms with Crippen LogP contribution < -0.4 is 5.73 Å². The van der Waals surface area contributed by atoms with Crippen LogP contribution in [-0.4, -0.2) is 24.6 Å². The average molecular weight is 352 g/mol. The Kier molecular flexibility index (Phi) is 6.13. The van der Waals surface area contributed by atoms with Crippen molar-refractivity contribution in [3.63, 3.8) is 0 Å². The highest BCUT2D eigenvalue weighted by molar-refractivity contribution is 5.98. The molecule has 0 heterocycles. The molecule has 2 N–H and O–H groups in total. The van der Waals surface area contributed by atoms with E-state index in [1.165, 1.54) is 24.3 Å². The maximum absolute atomic E-state index is 12.1. The van der Waals surface area contributed by atoms with Crippen LogP contribution in [0.1, 0.15) is 21.5 Å². The van der Waals surface area contributed by atoms with Crippen LogP contribution in [0.3, 0.4) is 0 Å². The van der Waals surface area contributed by atoms with E-state index in [1.807, 2.05) is 0 Å². The molecule has 0 aliphatic carbocycles. The number of hydrogen-bond donors (Lipinski definition) is 1. The van der Waals surface area contributed by atoms with Crippen molar-refractivity contribution in [2.24, 2.45) is 10.9 Å². The first-order valence-electron chi connectivity index (χ1n) is 7.19. The van der Waals surface area contributed by atoms with E-state index in [2.05, 4.69) is 9.89 Å². The topological polar surface area (TPSA) is 73.9 Å². The number of rotatable bonds is 6. The van der Waals surface area contributed by atoms with Crippen molar-refractivity contribution in [1.82, 2.24) is 0 Å². The zero-order chi connectivity index (χ0) is 18.3. The van der Waals surface area contributed by atoms with Crippen molar-refractivity contribution in [3.05, 3.63) is 71.3 Å². The summed E-state index contributed by atoms with van der Waals surface area (Å²) in [5, 5.41) is 3.56. The van der Waals surface area contributed by atoms with E-state index in [0.29, 0.717) is 11.1 Å². The number of benzene rings is 2. The number of oxime groups is 1. The number of hydrogen-bond acceptors (Lipinski definition) is 4. The molecule has 0 aliphatic rings. The summed E-state index contributed by atoms with van der Waals surface area (Å²) in [7, 11) is 0. The minimum absolute atomic E-state index is 0.0265. The summed E-state index contributed by atoms with van der Waals surface area (Å²) in [6, 6.07) is 14.6. The first-order valence-corrected chi connectivity index (χ1v) is 7.19. The minimum atomic E-state index is -4.40. The van der Waals surface area contributed by atoms with E-state index < -0.39 is 18.8 Å². The van der Waals surface area contributed by atoms with Gasteiger partial charge >= 0.3 is 12.1 Å². The number of ether oxygens (including phenoxy) is 1. The quantitative estimate of drug-likeness (QED) is 0.375. The molecule has 2 aromatic rings. The fraction of sp³-hybridized carbons (Fsp3) is 0.176. The Bertz CT molecular complexity index is 746. The second-order valence-corrected chi connectivity index (χ2v) is 5.03. The number of alkyl halides is 3. The maximum Gasteiger partial charge on any atom is 0.411 e. The van der Waals surface area contributed by atoms with E-state index in [4.69, 9.17) is 10.6 Å². The van der Waals surface area contributed by atoms with Gasteiger partial charge in [0.2, 0.25) is 0 Å². The van der Waals surface area contributed by atoms with Gasteiger partial charge in [0.05, 0.1) is 12.2 Å². The fourth-order valence-corrected chi connectivity index (χ4v) is 1.88. The Balaban J connectivity index is 1.96. The van der Waals surface area contributed by atoms with Crippen LogP contribution in [0.4, 0.5) is 13.2 Å². The lowest BCUT2D eigenvalue weighted by atomic mass is 10.1. The second-order valence-electron chi connectivity index (χ2n) is 5.03. The molecule has 0 unspecified atom stereocenters. The van der Waals surface area contributed by atoms with Crippen LogP contribution in [0.15, 0.2) is 59.8 Å². The number of amidine groups is 1. The molecule has 0 radical (unpaired) electrons. The normalized spacial score (nSPS) is 12.0. The van der Waals surface area contributed by atoms with Crippen LogP contribution in [0, 0.1) is 0 Å². The van der Waals surface area contributed by atoms with Gasteiger partial charge in [-0.15, -0.1) is 0 Å². The van der Waals surface area contributed by atoms with Gasteiger partial charge in [-0.05, 0) is 17.7 Å². The third-order valence-electron chi connectivity index (χ3n) is 2.99. The third kappa shape index (κ3) is 6.27. The molecule has 0 atom stereocenters. The molecule has 0 aromatic heterocycles. The molecule has 25 heavy (non-hydrogen) atoms. The van der Waals surface area contributed by atoms with Gasteiger partial charge in [0.15, 0.2) is 5.84 Å². The lowest BCUT2D eigenvalue weighted by molar-refractivity contribution is -0.176. The van der Waals surface area contributed by atoms with Gasteiger partial charge in [-0.2, -0.15) is 13.2 Å². The molecule has 2 rings (SSSR count). The molecule has 0 bridgehead atoms. The van der Waals surface area contributed by atoms with E-state index in [-0.39, 0.29) is 18.0 Å². The monoisotopic (exact) mass is 352 g/mol. The molecule has 0 saturated carbocycles. The molecule has 0 saturated heterocycles. The number of carbonyl (C=O) groups is 1. The number of nitrogens with zero attached hydrogens (tertiary/aromatic N) is 1. The van der Waals surface area contributed by atoms with Crippen LogP contribution in [0.5, 0.6) is 0 Å². The van der Waals surface area contributed by atoms with Gasteiger partial charge in [0, 0.05) is 5.56 Å². The van der Waals surface area contributed by atoms with E-state index >= 15 is 0 Å². The highest BCUT2D eigenvalue weighted by atomic mass is 19.4. The van der Waals surface area contributed by atoms with Crippen LogP contribution in [-0.2, 0) is 16.2 Å². The van der Waals surface area contributed by atoms with Gasteiger partial charge in [-0.3, -0.25) is 0 Å². The largest absolute Gasteiger partial charge is 0.411 e. The van der Waals surface area contributed by atoms with Crippen molar-refractivity contribution < 1.29 is 27.5 Å². The van der Waals surface area contributed by atoms with Crippen molar-refractivity contribution in [3.8, 4) is 0 Å². The lowest BCUT2D eigenvalue weighted by Gasteiger charge is -2.08. The molecular weight excluding hydrogens is 337 g/mol. The molecule has 0 fully saturated rings. The Morgan fingerprint density at radius 3 is 2.40 bits per heavy atom. The molecular formula is C17H15F3N2O3. The second kappa shape index (κ2) is 8.29. The van der Waals surface area contributed by atoms with Crippen molar-refractivity contribution in [2.75, 3.05) is 6.61 Å². The Morgan fingerprint density at radius 1 is 1.04 bits per heavy atom. The summed E-state index contributed by atoms with van der Waals surface area (Å²) in [4.78, 5) is 16.7. The number of carbonyl (C=O) groups excluding carboxylic acids is 1. The van der Waals surface area contributed by atoms with Gasteiger partial charge < -0.3 is 15.3 Å². The first-order chi connectivity index (χ1) is 11.8. The molecule has 0 spiro atoms. The molecule has 0 aliphatic heterocycles. The van der Waals surface area contributed by atoms with Crippen molar-refractivity contribution in [2.45, 2.75) is 12.8 Å². The minimum Gasteiger partial charge on any atom is -0.380 e. The van der Waals surface area contributed by atoms with E-state index in [0.717, 1.165) is 0 Å². The zero-order valence-corrected chi connectivity index (χ0v) is 13.0. The fourth-order valence-electron chi connectivity index (χ4n) is 1.88. The summed E-state index contributed by atoms with van der Waals surface area (Å²) >= 11 is 0. The smallest absolute Gasteiger partial charge is 0.380 e. The summed E-state index contributed by atoms with van der Waals surface area (Å²) < 4.78 is 40.7. The third-order valence-corrected chi connectivity index (χ3v) is 2.99.